The van der Waals surface area contributed by atoms with Gasteiger partial charge in [0.1, 0.15) is 11.5 Å². The molecule has 3 aliphatic heterocycles. The van der Waals surface area contributed by atoms with Gasteiger partial charge in [0.25, 0.3) is 0 Å². The molecule has 140 valence electrons. The summed E-state index contributed by atoms with van der Waals surface area (Å²) in [4.78, 5) is 19.3. The summed E-state index contributed by atoms with van der Waals surface area (Å²) in [6, 6.07) is 10.8. The van der Waals surface area contributed by atoms with Crippen molar-refractivity contribution in [3.63, 3.8) is 0 Å². The Morgan fingerprint density at radius 1 is 1.44 bits per heavy atom. The molecule has 3 fully saturated rings. The van der Waals surface area contributed by atoms with Crippen LogP contribution in [0.25, 0.3) is 10.9 Å². The molecule has 1 aliphatic carbocycles. The third-order valence-corrected chi connectivity index (χ3v) is 7.39. The molecular weight excluding hydrogens is 338 g/mol. The predicted octanol–water partition coefficient (Wildman–Crippen LogP) is 3.15. The van der Waals surface area contributed by atoms with E-state index in [1.807, 2.05) is 6.07 Å². The van der Waals surface area contributed by atoms with E-state index in [1.165, 1.54) is 18.1 Å². The van der Waals surface area contributed by atoms with Crippen LogP contribution >= 0.6 is 0 Å². The highest BCUT2D eigenvalue weighted by molar-refractivity contribution is 5.91. The van der Waals surface area contributed by atoms with E-state index in [4.69, 9.17) is 4.74 Å². The summed E-state index contributed by atoms with van der Waals surface area (Å²) in [5, 5.41) is 11.1. The van der Waals surface area contributed by atoms with Crippen LogP contribution in [-0.4, -0.2) is 41.6 Å². The van der Waals surface area contributed by atoms with Crippen molar-refractivity contribution in [1.82, 2.24) is 9.88 Å². The maximum Gasteiger partial charge on any atom is 0.319 e. The molecule has 0 spiro atoms. The van der Waals surface area contributed by atoms with Crippen LogP contribution in [0.1, 0.15) is 37.4 Å². The number of carbonyl (C=O) groups excluding carboxylic acids is 1. The highest BCUT2D eigenvalue weighted by Gasteiger charge is 2.65. The molecule has 0 radical (unpaired) electrons. The maximum absolute atomic E-state index is 13.4. The highest BCUT2D eigenvalue weighted by Crippen LogP contribution is 2.57. The molecule has 6 atom stereocenters. The van der Waals surface area contributed by atoms with Gasteiger partial charge in [0.05, 0.1) is 13.2 Å². The van der Waals surface area contributed by atoms with Crippen LogP contribution in [0.15, 0.2) is 24.3 Å². The first-order chi connectivity index (χ1) is 13.2. The fourth-order valence-electron chi connectivity index (χ4n) is 6.44. The van der Waals surface area contributed by atoms with Gasteiger partial charge < -0.3 is 9.72 Å². The van der Waals surface area contributed by atoms with Crippen molar-refractivity contribution in [2.24, 2.45) is 11.8 Å². The Balaban J connectivity index is 1.81. The first-order valence-electron chi connectivity index (χ1n) is 9.99. The van der Waals surface area contributed by atoms with E-state index >= 15 is 0 Å². The van der Waals surface area contributed by atoms with Gasteiger partial charge in [0, 0.05) is 29.2 Å². The summed E-state index contributed by atoms with van der Waals surface area (Å²) in [5.74, 6) is 0.470. The molecule has 0 amide bonds. The number of rotatable bonds is 2. The van der Waals surface area contributed by atoms with Gasteiger partial charge in [-0.3, -0.25) is 9.69 Å². The molecule has 2 saturated heterocycles. The Bertz CT molecular complexity index is 958. The number of hydrogen-bond donors (Lipinski definition) is 1. The Kier molecular flexibility index (Phi) is 3.64. The molecule has 4 bridgehead atoms. The quantitative estimate of drug-likeness (QED) is 0.832. The van der Waals surface area contributed by atoms with E-state index in [-0.39, 0.29) is 24.0 Å². The van der Waals surface area contributed by atoms with Crippen LogP contribution in [0, 0.1) is 23.2 Å². The summed E-state index contributed by atoms with van der Waals surface area (Å²) in [5.41, 5.74) is 2.67. The molecule has 1 saturated carbocycles. The number of piperidine rings is 2. The van der Waals surface area contributed by atoms with Crippen LogP contribution in [0.5, 0.6) is 0 Å². The number of aromatic nitrogens is 1. The van der Waals surface area contributed by atoms with Gasteiger partial charge in [0.2, 0.25) is 0 Å². The van der Waals surface area contributed by atoms with Crippen LogP contribution in [-0.2, 0) is 21.4 Å². The van der Waals surface area contributed by atoms with E-state index in [9.17, 15) is 10.1 Å². The zero-order valence-corrected chi connectivity index (χ0v) is 15.9. The number of ether oxygens (including phenoxy) is 1. The zero-order chi connectivity index (χ0) is 18.8. The van der Waals surface area contributed by atoms with E-state index in [0.29, 0.717) is 12.3 Å². The number of aromatic amines is 1. The largest absolute Gasteiger partial charge is 0.468 e. The van der Waals surface area contributed by atoms with Crippen molar-refractivity contribution in [2.45, 2.75) is 50.1 Å². The fraction of sp³-hybridized carbons (Fsp3) is 0.545. The second kappa shape index (κ2) is 5.84. The summed E-state index contributed by atoms with van der Waals surface area (Å²) in [6.07, 6.45) is 3.61. The molecular formula is C22H25N3O2. The van der Waals surface area contributed by atoms with Gasteiger partial charge >= 0.3 is 5.97 Å². The maximum atomic E-state index is 13.4. The van der Waals surface area contributed by atoms with Crippen LogP contribution in [0.3, 0.4) is 0 Å². The predicted molar refractivity (Wildman–Crippen MR) is 102 cm³/mol. The number of fused-ring (bicyclic) bond motifs is 4. The van der Waals surface area contributed by atoms with Gasteiger partial charge in [0.15, 0.2) is 0 Å². The Hall–Kier alpha value is -2.32. The topological polar surface area (TPSA) is 69.1 Å². The molecule has 27 heavy (non-hydrogen) atoms. The van der Waals surface area contributed by atoms with Crippen LogP contribution in [0.2, 0.25) is 0 Å². The Labute approximate surface area is 159 Å². The smallest absolute Gasteiger partial charge is 0.319 e. The second-order valence-corrected chi connectivity index (χ2v) is 8.36. The monoisotopic (exact) mass is 363 g/mol. The van der Waals surface area contributed by atoms with E-state index < -0.39 is 5.41 Å². The van der Waals surface area contributed by atoms with Gasteiger partial charge in [-0.1, -0.05) is 31.5 Å². The van der Waals surface area contributed by atoms with E-state index in [1.54, 1.807) is 0 Å². The number of esters is 1. The number of carbonyl (C=O) groups is 1. The van der Waals surface area contributed by atoms with Crippen molar-refractivity contribution < 1.29 is 9.53 Å². The lowest BCUT2D eigenvalue weighted by molar-refractivity contribution is -0.165. The molecule has 1 aromatic carbocycles. The number of nitriles is 1. The number of para-hydroxylation sites is 1. The van der Waals surface area contributed by atoms with Crippen molar-refractivity contribution in [3.8, 4) is 6.07 Å². The van der Waals surface area contributed by atoms with E-state index in [2.05, 4.69) is 41.1 Å². The normalized spacial score (nSPS) is 36.7. The molecule has 1 N–H and O–H groups in total. The van der Waals surface area contributed by atoms with Crippen molar-refractivity contribution >= 4 is 16.9 Å². The van der Waals surface area contributed by atoms with E-state index in [0.717, 1.165) is 37.0 Å². The van der Waals surface area contributed by atoms with Gasteiger partial charge in [-0.25, -0.2) is 0 Å². The second-order valence-electron chi connectivity index (χ2n) is 8.36. The number of H-pyrrole nitrogens is 1. The van der Waals surface area contributed by atoms with Crippen molar-refractivity contribution in [1.29, 1.82) is 5.26 Å². The molecule has 2 aromatic rings. The summed E-state index contributed by atoms with van der Waals surface area (Å²) < 4.78 is 5.42. The zero-order valence-electron chi connectivity index (χ0n) is 15.9. The van der Waals surface area contributed by atoms with Gasteiger partial charge in [-0.15, -0.1) is 0 Å². The molecule has 5 nitrogen and oxygen atoms in total. The minimum Gasteiger partial charge on any atom is -0.468 e. The third kappa shape index (κ3) is 2.00. The number of nitrogens with zero attached hydrogens (tertiary/aromatic N) is 2. The van der Waals surface area contributed by atoms with Gasteiger partial charge in [-0.05, 0) is 42.7 Å². The Morgan fingerprint density at radius 3 is 3.00 bits per heavy atom. The third-order valence-electron chi connectivity index (χ3n) is 7.39. The molecule has 1 aromatic heterocycles. The Morgan fingerprint density at radius 2 is 2.26 bits per heavy atom. The SMILES string of the molecule is CC[C@H]1CC2C[C@@]3(C(=O)OC)c4[nH]c5ccccc5c4CCN(C2C#N)C13. The number of nitrogens with one attached hydrogen (secondary N) is 1. The van der Waals surface area contributed by atoms with Crippen LogP contribution < -0.4 is 0 Å². The summed E-state index contributed by atoms with van der Waals surface area (Å²) >= 11 is 0. The number of methoxy groups -OCH3 is 1. The fourth-order valence-corrected chi connectivity index (χ4v) is 6.44. The standard InChI is InChI=1S/C22H25N3O2/c1-3-13-10-14-11-22(21(26)27-2)19-16(15-6-4-5-7-17(15)24-19)8-9-25(20(13)22)18(14)12-23/h4-7,13-14,18,20,24H,3,8-11H2,1-2H3/t13-,14?,18?,20?,22+/m0/s1. The molecule has 4 aliphatic rings. The number of benzene rings is 1. The van der Waals surface area contributed by atoms with Crippen LogP contribution in [0.4, 0.5) is 0 Å². The molecule has 4 heterocycles. The lowest BCUT2D eigenvalue weighted by atomic mass is 9.54. The summed E-state index contributed by atoms with van der Waals surface area (Å²) in [6.45, 7) is 3.03. The van der Waals surface area contributed by atoms with Gasteiger partial charge in [-0.2, -0.15) is 5.26 Å². The minimum atomic E-state index is -0.698. The first kappa shape index (κ1) is 16.8. The van der Waals surface area contributed by atoms with Crippen molar-refractivity contribution in [2.75, 3.05) is 13.7 Å². The molecule has 6 rings (SSSR count). The lowest BCUT2D eigenvalue weighted by Gasteiger charge is -2.59. The summed E-state index contributed by atoms with van der Waals surface area (Å²) in [7, 11) is 1.50. The number of hydrogen-bond acceptors (Lipinski definition) is 4. The lowest BCUT2D eigenvalue weighted by Crippen LogP contribution is -2.70. The van der Waals surface area contributed by atoms with Crippen molar-refractivity contribution in [3.05, 3.63) is 35.5 Å². The first-order valence-corrected chi connectivity index (χ1v) is 9.99. The average Bonchev–Trinajstić information content (AvgIpc) is 3.04. The minimum absolute atomic E-state index is 0.0268. The average molecular weight is 363 g/mol. The molecule has 5 heteroatoms. The highest BCUT2D eigenvalue weighted by atomic mass is 16.5. The molecule has 4 unspecified atom stereocenters.